The number of hydrogen-bond donors (Lipinski definition) is 1. The van der Waals surface area contributed by atoms with E-state index in [4.69, 9.17) is 4.98 Å². The number of halogens is 1. The average molecular weight is 467 g/mol. The molecule has 1 amide bonds. The molecule has 7 nitrogen and oxygen atoms in total. The molecule has 154 valence electrons. The van der Waals surface area contributed by atoms with Crippen LogP contribution in [0, 0.1) is 6.92 Å². The summed E-state index contributed by atoms with van der Waals surface area (Å²) >= 11 is 3.24. The summed E-state index contributed by atoms with van der Waals surface area (Å²) in [5, 5.41) is 2.43. The highest BCUT2D eigenvalue weighted by Crippen LogP contribution is 2.38. The number of hydrogen-bond acceptors (Lipinski definition) is 6. The quantitative estimate of drug-likeness (QED) is 0.590. The summed E-state index contributed by atoms with van der Waals surface area (Å²) in [6.07, 6.45) is 5.28. The van der Waals surface area contributed by atoms with Crippen molar-refractivity contribution in [3.05, 3.63) is 59.0 Å². The molecule has 0 aliphatic carbocycles. The third-order valence-corrected chi connectivity index (χ3v) is 5.85. The third-order valence-electron chi connectivity index (χ3n) is 5.36. The predicted molar refractivity (Wildman–Crippen MR) is 123 cm³/mol. The molecule has 2 aliphatic heterocycles. The fraction of sp³-hybridized carbons (Fsp3) is 0.273. The van der Waals surface area contributed by atoms with Gasteiger partial charge in [-0.15, -0.1) is 0 Å². The van der Waals surface area contributed by atoms with E-state index in [1.807, 2.05) is 19.2 Å². The lowest BCUT2D eigenvalue weighted by Gasteiger charge is -2.34. The molecule has 5 rings (SSSR count). The van der Waals surface area contributed by atoms with Crippen molar-refractivity contribution in [1.29, 1.82) is 0 Å². The van der Waals surface area contributed by atoms with Crippen molar-refractivity contribution in [1.82, 2.24) is 15.0 Å². The Kier molecular flexibility index (Phi) is 5.94. The Bertz CT molecular complexity index is 1060. The molecule has 1 atom stereocenters. The van der Waals surface area contributed by atoms with E-state index < -0.39 is 0 Å². The Labute approximate surface area is 184 Å². The first-order valence-electron chi connectivity index (χ1n) is 9.79. The number of carbonyl (C=O) groups excluding carboxylic acids is 1. The van der Waals surface area contributed by atoms with Crippen LogP contribution in [0.25, 0.3) is 11.3 Å². The number of nitrogens with zero attached hydrogens (tertiary/aromatic N) is 5. The van der Waals surface area contributed by atoms with Crippen LogP contribution in [0.3, 0.4) is 0 Å². The lowest BCUT2D eigenvalue weighted by molar-refractivity contribution is -0.105. The molecular weight excluding hydrogens is 444 g/mol. The van der Waals surface area contributed by atoms with Crippen molar-refractivity contribution in [3.63, 3.8) is 0 Å². The number of amides is 1. The molecule has 0 spiro atoms. The van der Waals surface area contributed by atoms with E-state index in [0.29, 0.717) is 18.3 Å². The maximum Gasteiger partial charge on any atom is 0.212 e. The minimum atomic E-state index is 0.546. The standard InChI is InChI=1S/C16H18N4.C6H5BrN2O/c1-11-9-12(5-7-17-11)14-3-4-15-16(18-14)19(2)13-6-8-20(15)10-13;7-5-1-2-8-6(3-5)9-4-10/h3-5,7,9,13H,6,8,10H2,1-2H3;1-4H,(H,8,9,10). The van der Waals surface area contributed by atoms with Gasteiger partial charge in [-0.05, 0) is 49.7 Å². The molecule has 0 radical (unpaired) electrons. The Morgan fingerprint density at radius 1 is 1.17 bits per heavy atom. The van der Waals surface area contributed by atoms with E-state index in [-0.39, 0.29) is 0 Å². The highest BCUT2D eigenvalue weighted by Gasteiger charge is 2.34. The zero-order valence-corrected chi connectivity index (χ0v) is 18.5. The van der Waals surface area contributed by atoms with Gasteiger partial charge in [-0.2, -0.15) is 0 Å². The monoisotopic (exact) mass is 466 g/mol. The zero-order valence-electron chi connectivity index (χ0n) is 16.9. The lowest BCUT2D eigenvalue weighted by Crippen LogP contribution is -2.40. The van der Waals surface area contributed by atoms with Crippen molar-refractivity contribution < 1.29 is 4.79 Å². The van der Waals surface area contributed by atoms with E-state index in [2.05, 4.69) is 66.3 Å². The van der Waals surface area contributed by atoms with Gasteiger partial charge in [0.05, 0.1) is 11.4 Å². The normalized spacial score (nSPS) is 16.4. The van der Waals surface area contributed by atoms with Gasteiger partial charge in [0.25, 0.3) is 0 Å². The van der Waals surface area contributed by atoms with Gasteiger partial charge in [0.1, 0.15) is 5.82 Å². The number of aromatic nitrogens is 3. The number of nitrogens with one attached hydrogen (secondary N) is 1. The van der Waals surface area contributed by atoms with E-state index in [1.54, 1.807) is 18.3 Å². The Balaban J connectivity index is 0.000000185. The molecule has 0 saturated carbocycles. The van der Waals surface area contributed by atoms with Gasteiger partial charge in [-0.3, -0.25) is 9.78 Å². The van der Waals surface area contributed by atoms with Crippen molar-refractivity contribution in [2.45, 2.75) is 19.4 Å². The number of carbonyl (C=O) groups is 1. The molecule has 0 aromatic carbocycles. The van der Waals surface area contributed by atoms with E-state index >= 15 is 0 Å². The largest absolute Gasteiger partial charge is 0.366 e. The maximum atomic E-state index is 9.92. The number of likely N-dealkylation sites (N-methyl/N-ethyl adjacent to an activating group) is 1. The molecule has 2 aliphatic rings. The van der Waals surface area contributed by atoms with Crippen LogP contribution in [0.15, 0.2) is 53.3 Å². The summed E-state index contributed by atoms with van der Waals surface area (Å²) in [6.45, 7) is 4.30. The number of aryl methyl sites for hydroxylation is 1. The van der Waals surface area contributed by atoms with Gasteiger partial charge in [0.15, 0.2) is 5.82 Å². The Hall–Kier alpha value is -3.00. The Morgan fingerprint density at radius 2 is 2.00 bits per heavy atom. The van der Waals surface area contributed by atoms with Gasteiger partial charge in [-0.25, -0.2) is 9.97 Å². The first-order chi connectivity index (χ1) is 14.5. The van der Waals surface area contributed by atoms with Gasteiger partial charge in [0.2, 0.25) is 6.41 Å². The molecule has 1 unspecified atom stereocenters. The second-order valence-electron chi connectivity index (χ2n) is 7.35. The summed E-state index contributed by atoms with van der Waals surface area (Å²) < 4.78 is 0.895. The Morgan fingerprint density at radius 3 is 2.77 bits per heavy atom. The van der Waals surface area contributed by atoms with Crippen LogP contribution < -0.4 is 15.1 Å². The van der Waals surface area contributed by atoms with Gasteiger partial charge >= 0.3 is 0 Å². The molecular formula is C22H23BrN6O. The zero-order chi connectivity index (χ0) is 21.1. The molecule has 1 fully saturated rings. The SMILES string of the molecule is Cc1cc(-c2ccc3c(n2)N(C)C2CCN3C2)ccn1.O=CNc1cc(Br)ccn1. The lowest BCUT2D eigenvalue weighted by atomic mass is 10.1. The van der Waals surface area contributed by atoms with Crippen LogP contribution in [0.2, 0.25) is 0 Å². The second kappa shape index (κ2) is 8.79. The average Bonchev–Trinajstić information content (AvgIpc) is 3.19. The first kappa shape index (κ1) is 20.3. The second-order valence-corrected chi connectivity index (χ2v) is 8.26. The predicted octanol–water partition coefficient (Wildman–Crippen LogP) is 3.89. The highest BCUT2D eigenvalue weighted by molar-refractivity contribution is 9.10. The molecule has 3 aromatic heterocycles. The molecule has 2 bridgehead atoms. The molecule has 1 N–H and O–H groups in total. The van der Waals surface area contributed by atoms with Crippen LogP contribution in [0.4, 0.5) is 17.3 Å². The van der Waals surface area contributed by atoms with Crippen LogP contribution in [0.1, 0.15) is 12.1 Å². The summed E-state index contributed by atoms with van der Waals surface area (Å²) in [7, 11) is 2.17. The molecule has 1 saturated heterocycles. The van der Waals surface area contributed by atoms with E-state index in [0.717, 1.165) is 40.3 Å². The first-order valence-corrected chi connectivity index (χ1v) is 10.6. The van der Waals surface area contributed by atoms with Gasteiger partial charge in [0, 0.05) is 54.3 Å². The van der Waals surface area contributed by atoms with E-state index in [9.17, 15) is 4.79 Å². The highest BCUT2D eigenvalue weighted by atomic mass is 79.9. The van der Waals surface area contributed by atoms with Crippen LogP contribution in [-0.4, -0.2) is 47.5 Å². The summed E-state index contributed by atoms with van der Waals surface area (Å²) in [6, 6.07) is 12.6. The minimum Gasteiger partial charge on any atom is -0.366 e. The van der Waals surface area contributed by atoms with Crippen molar-refractivity contribution in [2.24, 2.45) is 0 Å². The van der Waals surface area contributed by atoms with Crippen molar-refractivity contribution in [3.8, 4) is 11.3 Å². The molecule has 30 heavy (non-hydrogen) atoms. The van der Waals surface area contributed by atoms with E-state index in [1.165, 1.54) is 12.1 Å². The molecule has 5 heterocycles. The third kappa shape index (κ3) is 4.28. The number of fused-ring (bicyclic) bond motifs is 4. The van der Waals surface area contributed by atoms with Crippen LogP contribution in [0.5, 0.6) is 0 Å². The smallest absolute Gasteiger partial charge is 0.212 e. The van der Waals surface area contributed by atoms with Crippen LogP contribution in [-0.2, 0) is 4.79 Å². The fourth-order valence-electron chi connectivity index (χ4n) is 3.81. The van der Waals surface area contributed by atoms with Crippen LogP contribution >= 0.6 is 15.9 Å². The van der Waals surface area contributed by atoms with Crippen molar-refractivity contribution in [2.75, 3.05) is 35.3 Å². The van der Waals surface area contributed by atoms with Gasteiger partial charge in [-0.1, -0.05) is 15.9 Å². The summed E-state index contributed by atoms with van der Waals surface area (Å²) in [4.78, 5) is 27.7. The topological polar surface area (TPSA) is 74.2 Å². The van der Waals surface area contributed by atoms with Crippen molar-refractivity contribution >= 4 is 39.7 Å². The molecule has 3 aromatic rings. The summed E-state index contributed by atoms with van der Waals surface area (Å²) in [5.41, 5.74) is 4.47. The minimum absolute atomic E-state index is 0.546. The van der Waals surface area contributed by atoms with Gasteiger partial charge < -0.3 is 15.1 Å². The number of pyridine rings is 3. The maximum absolute atomic E-state index is 9.92. The number of rotatable bonds is 3. The summed E-state index contributed by atoms with van der Waals surface area (Å²) in [5.74, 6) is 1.66. The number of anilines is 3. The fourth-order valence-corrected chi connectivity index (χ4v) is 4.14. The molecule has 8 heteroatoms.